The number of hydrogen-bond acceptors (Lipinski definition) is 2. The first-order valence-corrected chi connectivity index (χ1v) is 6.46. The zero-order chi connectivity index (χ0) is 14.3. The summed E-state index contributed by atoms with van der Waals surface area (Å²) in [5, 5.41) is 13.9. The summed E-state index contributed by atoms with van der Waals surface area (Å²) in [6, 6.07) is 6.16. The lowest BCUT2D eigenvalue weighted by Crippen LogP contribution is -2.42. The van der Waals surface area contributed by atoms with Gasteiger partial charge in [0.05, 0.1) is 0 Å². The molecule has 0 spiro atoms. The average molecular weight is 264 g/mol. The third-order valence-corrected chi connectivity index (χ3v) is 2.76. The lowest BCUT2D eigenvalue weighted by Gasteiger charge is -2.13. The second kappa shape index (κ2) is 7.41. The number of benzene rings is 1. The Morgan fingerprint density at radius 2 is 1.84 bits per heavy atom. The highest BCUT2D eigenvalue weighted by Crippen LogP contribution is 2.10. The molecule has 19 heavy (non-hydrogen) atoms. The number of carbonyl (C=O) groups is 2. The molecule has 0 radical (unpaired) electrons. The van der Waals surface area contributed by atoms with Gasteiger partial charge in [-0.15, -0.1) is 0 Å². The quantitative estimate of drug-likeness (QED) is 0.739. The smallest absolute Gasteiger partial charge is 0.326 e. The number of aryl methyl sites for hydroxylation is 1. The third-order valence-electron chi connectivity index (χ3n) is 2.76. The van der Waals surface area contributed by atoms with Crippen molar-refractivity contribution in [2.24, 2.45) is 0 Å². The molecule has 0 saturated heterocycles. The standard InChI is InChI=1S/C14H20N2O3/c1-3-5-10-6-8-11(9-7-10)15-14(19)16-12(4-2)13(17)18/h6-9,12H,3-5H2,1-2H3,(H,17,18)(H2,15,16,19)/t12-/m1/s1. The molecule has 5 heteroatoms. The Morgan fingerprint density at radius 3 is 2.32 bits per heavy atom. The summed E-state index contributed by atoms with van der Waals surface area (Å²) in [4.78, 5) is 22.4. The molecule has 104 valence electrons. The molecule has 0 aromatic heterocycles. The van der Waals surface area contributed by atoms with E-state index in [1.165, 1.54) is 5.56 Å². The van der Waals surface area contributed by atoms with Gasteiger partial charge in [-0.05, 0) is 30.5 Å². The molecule has 1 aromatic carbocycles. The zero-order valence-corrected chi connectivity index (χ0v) is 11.3. The molecule has 0 saturated carbocycles. The van der Waals surface area contributed by atoms with Gasteiger partial charge in [0.2, 0.25) is 0 Å². The SMILES string of the molecule is CCCc1ccc(NC(=O)N[C@H](CC)C(=O)O)cc1. The molecule has 3 N–H and O–H groups in total. The predicted molar refractivity (Wildman–Crippen MR) is 74.3 cm³/mol. The van der Waals surface area contributed by atoms with Crippen LogP contribution in [0.15, 0.2) is 24.3 Å². The van der Waals surface area contributed by atoms with Crippen LogP contribution in [0.1, 0.15) is 32.3 Å². The van der Waals surface area contributed by atoms with E-state index >= 15 is 0 Å². The summed E-state index contributed by atoms with van der Waals surface area (Å²) in [5.74, 6) is -1.03. The van der Waals surface area contributed by atoms with Gasteiger partial charge in [-0.3, -0.25) is 0 Å². The molecule has 0 unspecified atom stereocenters. The van der Waals surface area contributed by atoms with Gasteiger partial charge in [0, 0.05) is 5.69 Å². The summed E-state index contributed by atoms with van der Waals surface area (Å²) < 4.78 is 0. The Kier molecular flexibility index (Phi) is 5.85. The van der Waals surface area contributed by atoms with E-state index < -0.39 is 18.0 Å². The fourth-order valence-electron chi connectivity index (χ4n) is 1.71. The van der Waals surface area contributed by atoms with Crippen LogP contribution in [0.3, 0.4) is 0 Å². The minimum absolute atomic E-state index is 0.345. The molecule has 5 nitrogen and oxygen atoms in total. The van der Waals surface area contributed by atoms with Gasteiger partial charge in [0.15, 0.2) is 0 Å². The topological polar surface area (TPSA) is 78.4 Å². The monoisotopic (exact) mass is 264 g/mol. The Bertz CT molecular complexity index is 429. The number of nitrogens with one attached hydrogen (secondary N) is 2. The number of rotatable bonds is 6. The average Bonchev–Trinajstić information content (AvgIpc) is 2.38. The van der Waals surface area contributed by atoms with Crippen molar-refractivity contribution in [2.75, 3.05) is 5.32 Å². The third kappa shape index (κ3) is 4.99. The van der Waals surface area contributed by atoms with Crippen molar-refractivity contribution in [2.45, 2.75) is 39.2 Å². The van der Waals surface area contributed by atoms with Crippen LogP contribution in [0.2, 0.25) is 0 Å². The van der Waals surface area contributed by atoms with Crippen LogP contribution >= 0.6 is 0 Å². The van der Waals surface area contributed by atoms with E-state index in [9.17, 15) is 9.59 Å². The van der Waals surface area contributed by atoms with Crippen molar-refractivity contribution in [1.29, 1.82) is 0 Å². The molecule has 0 aliphatic carbocycles. The minimum Gasteiger partial charge on any atom is -0.480 e. The van der Waals surface area contributed by atoms with Gasteiger partial charge in [-0.1, -0.05) is 32.4 Å². The van der Waals surface area contributed by atoms with Crippen molar-refractivity contribution < 1.29 is 14.7 Å². The number of aliphatic carboxylic acids is 1. The molecule has 0 aliphatic rings. The molecule has 1 aromatic rings. The second-order valence-electron chi connectivity index (χ2n) is 4.34. The van der Waals surface area contributed by atoms with Crippen molar-refractivity contribution in [3.8, 4) is 0 Å². The lowest BCUT2D eigenvalue weighted by molar-refractivity contribution is -0.139. The number of amides is 2. The summed E-state index contributed by atoms with van der Waals surface area (Å²) >= 11 is 0. The largest absolute Gasteiger partial charge is 0.480 e. The second-order valence-corrected chi connectivity index (χ2v) is 4.34. The highest BCUT2D eigenvalue weighted by atomic mass is 16.4. The fraction of sp³-hybridized carbons (Fsp3) is 0.429. The minimum atomic E-state index is -1.03. The first kappa shape index (κ1) is 15.0. The summed E-state index contributed by atoms with van der Waals surface area (Å²) in [5.41, 5.74) is 1.86. The first-order valence-electron chi connectivity index (χ1n) is 6.46. The first-order chi connectivity index (χ1) is 9.06. The Morgan fingerprint density at radius 1 is 1.21 bits per heavy atom. The van der Waals surface area contributed by atoms with E-state index in [-0.39, 0.29) is 0 Å². The maximum Gasteiger partial charge on any atom is 0.326 e. The van der Waals surface area contributed by atoms with Gasteiger partial charge in [-0.25, -0.2) is 9.59 Å². The van der Waals surface area contributed by atoms with Crippen molar-refractivity contribution >= 4 is 17.7 Å². The van der Waals surface area contributed by atoms with Crippen LogP contribution in [0, 0.1) is 0 Å². The van der Waals surface area contributed by atoms with Crippen LogP contribution in [0.5, 0.6) is 0 Å². The van der Waals surface area contributed by atoms with E-state index in [1.54, 1.807) is 6.92 Å². The van der Waals surface area contributed by atoms with E-state index in [0.717, 1.165) is 12.8 Å². The van der Waals surface area contributed by atoms with Gasteiger partial charge < -0.3 is 15.7 Å². The molecule has 0 aliphatic heterocycles. The van der Waals surface area contributed by atoms with Gasteiger partial charge in [0.1, 0.15) is 6.04 Å². The Hall–Kier alpha value is -2.04. The fourth-order valence-corrected chi connectivity index (χ4v) is 1.71. The molecular weight excluding hydrogens is 244 g/mol. The molecule has 0 fully saturated rings. The van der Waals surface area contributed by atoms with Crippen molar-refractivity contribution in [3.63, 3.8) is 0 Å². The Labute approximate surface area is 113 Å². The van der Waals surface area contributed by atoms with Gasteiger partial charge >= 0.3 is 12.0 Å². The number of hydrogen-bond donors (Lipinski definition) is 3. The molecule has 1 atom stereocenters. The Balaban J connectivity index is 2.54. The van der Waals surface area contributed by atoms with Gasteiger partial charge in [0.25, 0.3) is 0 Å². The summed E-state index contributed by atoms with van der Waals surface area (Å²) in [6.45, 7) is 3.81. The molecular formula is C14H20N2O3. The molecule has 2 amide bonds. The van der Waals surface area contributed by atoms with Crippen LogP contribution in [0.25, 0.3) is 0 Å². The van der Waals surface area contributed by atoms with Crippen molar-refractivity contribution in [3.05, 3.63) is 29.8 Å². The van der Waals surface area contributed by atoms with E-state index in [4.69, 9.17) is 5.11 Å². The summed E-state index contributed by atoms with van der Waals surface area (Å²) in [7, 11) is 0. The normalized spacial score (nSPS) is 11.7. The highest BCUT2D eigenvalue weighted by molar-refractivity contribution is 5.92. The van der Waals surface area contributed by atoms with E-state index in [2.05, 4.69) is 17.6 Å². The zero-order valence-electron chi connectivity index (χ0n) is 11.3. The van der Waals surface area contributed by atoms with Crippen LogP contribution in [0.4, 0.5) is 10.5 Å². The maximum absolute atomic E-state index is 11.6. The molecule has 1 rings (SSSR count). The highest BCUT2D eigenvalue weighted by Gasteiger charge is 2.17. The predicted octanol–water partition coefficient (Wildman–Crippen LogP) is 2.62. The number of anilines is 1. The lowest BCUT2D eigenvalue weighted by atomic mass is 10.1. The maximum atomic E-state index is 11.6. The van der Waals surface area contributed by atoms with Crippen LogP contribution in [-0.4, -0.2) is 23.1 Å². The van der Waals surface area contributed by atoms with Gasteiger partial charge in [-0.2, -0.15) is 0 Å². The van der Waals surface area contributed by atoms with Crippen molar-refractivity contribution in [1.82, 2.24) is 5.32 Å². The van der Waals surface area contributed by atoms with E-state index in [0.29, 0.717) is 12.1 Å². The number of carboxylic acids is 1. The number of urea groups is 1. The number of carbonyl (C=O) groups excluding carboxylic acids is 1. The molecule has 0 heterocycles. The van der Waals surface area contributed by atoms with Crippen LogP contribution in [-0.2, 0) is 11.2 Å². The molecule has 0 bridgehead atoms. The van der Waals surface area contributed by atoms with E-state index in [1.807, 2.05) is 24.3 Å². The van der Waals surface area contributed by atoms with Crippen LogP contribution < -0.4 is 10.6 Å². The number of carboxylic acid groups (broad SMARTS) is 1. The summed E-state index contributed by atoms with van der Waals surface area (Å²) in [6.07, 6.45) is 2.42.